The van der Waals surface area contributed by atoms with Crippen LogP contribution in [-0.4, -0.2) is 63.1 Å². The third-order valence-corrected chi connectivity index (χ3v) is 6.70. The van der Waals surface area contributed by atoms with E-state index in [-0.39, 0.29) is 29.7 Å². The topological polar surface area (TPSA) is 71.0 Å². The number of aliphatic imine (C=N–C) groups is 1. The summed E-state index contributed by atoms with van der Waals surface area (Å²) in [5.74, 6) is 1.78. The molecule has 1 heterocycles. The zero-order chi connectivity index (χ0) is 17.6. The number of para-hydroxylation sites is 1. The third-order valence-electron chi connectivity index (χ3n) is 4.17. The Kier molecular flexibility index (Phi) is 8.46. The molecule has 0 aliphatic carbocycles. The largest absolute Gasteiger partial charge is 0.494 e. The van der Waals surface area contributed by atoms with Gasteiger partial charge in [-0.15, -0.1) is 24.0 Å². The van der Waals surface area contributed by atoms with E-state index in [9.17, 15) is 8.42 Å². The summed E-state index contributed by atoms with van der Waals surface area (Å²) in [7, 11) is -1.32. The minimum Gasteiger partial charge on any atom is -0.494 e. The molecule has 1 aliphatic heterocycles. The molecule has 1 aliphatic rings. The number of benzene rings is 1. The second-order valence-corrected chi connectivity index (χ2v) is 9.23. The van der Waals surface area contributed by atoms with Gasteiger partial charge in [0.1, 0.15) is 5.75 Å². The van der Waals surface area contributed by atoms with E-state index in [4.69, 9.17) is 4.74 Å². The number of guanidine groups is 1. The van der Waals surface area contributed by atoms with Crippen LogP contribution in [0.15, 0.2) is 35.3 Å². The zero-order valence-electron chi connectivity index (χ0n) is 15.1. The molecular weight excluding hydrogens is 453 g/mol. The van der Waals surface area contributed by atoms with Crippen molar-refractivity contribution >= 4 is 39.8 Å². The molecule has 1 aromatic rings. The Morgan fingerprint density at radius 2 is 2.00 bits per heavy atom. The lowest BCUT2D eigenvalue weighted by Gasteiger charge is -2.39. The first-order chi connectivity index (χ1) is 11.4. The molecule has 2 rings (SSSR count). The fourth-order valence-electron chi connectivity index (χ4n) is 2.64. The maximum absolute atomic E-state index is 12.1. The Bertz CT molecular complexity index is 663. The lowest BCUT2D eigenvalue weighted by atomic mass is 10.2. The van der Waals surface area contributed by atoms with Crippen LogP contribution in [0, 0.1) is 0 Å². The highest BCUT2D eigenvalue weighted by Crippen LogP contribution is 2.23. The summed E-state index contributed by atoms with van der Waals surface area (Å²) in [6.07, 6.45) is 0.837. The first-order valence-corrected chi connectivity index (χ1v) is 9.87. The summed E-state index contributed by atoms with van der Waals surface area (Å²) >= 11 is 0. The van der Waals surface area contributed by atoms with Gasteiger partial charge in [-0.2, -0.15) is 0 Å². The quantitative estimate of drug-likeness (QED) is 0.302. The molecule has 0 radical (unpaired) electrons. The van der Waals surface area contributed by atoms with Gasteiger partial charge in [0.05, 0.1) is 17.1 Å². The third kappa shape index (κ3) is 6.02. The van der Waals surface area contributed by atoms with E-state index in [0.717, 1.165) is 24.7 Å². The van der Waals surface area contributed by atoms with Crippen LogP contribution >= 0.6 is 24.0 Å². The molecule has 0 amide bonds. The van der Waals surface area contributed by atoms with Crippen LogP contribution < -0.4 is 10.1 Å². The highest BCUT2D eigenvalue weighted by Gasteiger charge is 2.40. The van der Waals surface area contributed by atoms with Gasteiger partial charge in [0.15, 0.2) is 15.8 Å². The molecule has 0 unspecified atom stereocenters. The maximum atomic E-state index is 12.1. The maximum Gasteiger partial charge on any atom is 0.193 e. The number of nitrogens with zero attached hydrogens (tertiary/aromatic N) is 2. The number of halogens is 1. The Balaban J connectivity index is 0.00000312. The molecule has 0 atom stereocenters. The van der Waals surface area contributed by atoms with Gasteiger partial charge in [-0.05, 0) is 32.4 Å². The van der Waals surface area contributed by atoms with Crippen LogP contribution in [0.2, 0.25) is 0 Å². The van der Waals surface area contributed by atoms with E-state index < -0.39 is 14.6 Å². The summed E-state index contributed by atoms with van der Waals surface area (Å²) in [4.78, 5) is 6.29. The number of sulfone groups is 1. The van der Waals surface area contributed by atoms with Crippen molar-refractivity contribution in [3.05, 3.63) is 30.3 Å². The summed E-state index contributed by atoms with van der Waals surface area (Å²) in [6, 6.07) is 9.72. The zero-order valence-corrected chi connectivity index (χ0v) is 18.2. The predicted molar refractivity (Wildman–Crippen MR) is 113 cm³/mol. The van der Waals surface area contributed by atoms with Gasteiger partial charge >= 0.3 is 0 Å². The number of rotatable bonds is 5. The molecular formula is C17H28IN3O3S. The predicted octanol–water partition coefficient (Wildman–Crippen LogP) is 2.16. The van der Waals surface area contributed by atoms with E-state index in [0.29, 0.717) is 19.7 Å². The van der Waals surface area contributed by atoms with E-state index in [1.807, 2.05) is 35.2 Å². The summed E-state index contributed by atoms with van der Waals surface area (Å²) in [5, 5.41) is 3.29. The molecule has 1 saturated heterocycles. The molecule has 1 fully saturated rings. The molecule has 8 heteroatoms. The molecule has 0 spiro atoms. The van der Waals surface area contributed by atoms with Gasteiger partial charge in [0.25, 0.3) is 0 Å². The van der Waals surface area contributed by atoms with Gasteiger partial charge in [0, 0.05) is 26.7 Å². The van der Waals surface area contributed by atoms with Crippen molar-refractivity contribution in [2.75, 3.05) is 39.0 Å². The van der Waals surface area contributed by atoms with Crippen LogP contribution in [0.25, 0.3) is 0 Å². The van der Waals surface area contributed by atoms with Crippen molar-refractivity contribution in [1.29, 1.82) is 0 Å². The molecule has 1 aromatic carbocycles. The highest BCUT2D eigenvalue weighted by atomic mass is 127. The van der Waals surface area contributed by atoms with Crippen LogP contribution in [0.3, 0.4) is 0 Å². The van der Waals surface area contributed by atoms with Crippen molar-refractivity contribution in [3.63, 3.8) is 0 Å². The van der Waals surface area contributed by atoms with Crippen molar-refractivity contribution in [2.45, 2.75) is 25.0 Å². The van der Waals surface area contributed by atoms with E-state index in [1.165, 1.54) is 0 Å². The molecule has 0 bridgehead atoms. The highest BCUT2D eigenvalue weighted by molar-refractivity contribution is 14.0. The van der Waals surface area contributed by atoms with Crippen LogP contribution in [0.1, 0.15) is 20.3 Å². The first-order valence-electron chi connectivity index (χ1n) is 8.21. The fourth-order valence-corrected chi connectivity index (χ4v) is 4.00. The second kappa shape index (κ2) is 9.61. The average molecular weight is 481 g/mol. The summed E-state index contributed by atoms with van der Waals surface area (Å²) in [5.41, 5.74) is 0. The van der Waals surface area contributed by atoms with Gasteiger partial charge in [0.2, 0.25) is 0 Å². The molecule has 0 aromatic heterocycles. The normalized spacial score (nSPS) is 19.0. The van der Waals surface area contributed by atoms with Gasteiger partial charge in [-0.3, -0.25) is 4.99 Å². The van der Waals surface area contributed by atoms with E-state index in [1.54, 1.807) is 20.9 Å². The van der Waals surface area contributed by atoms with Crippen molar-refractivity contribution in [1.82, 2.24) is 10.2 Å². The number of ether oxygens (including phenoxy) is 1. The van der Waals surface area contributed by atoms with Gasteiger partial charge in [-0.1, -0.05) is 18.2 Å². The molecule has 6 nitrogen and oxygen atoms in total. The van der Waals surface area contributed by atoms with Crippen molar-refractivity contribution < 1.29 is 13.2 Å². The minimum atomic E-state index is -3.04. The van der Waals surface area contributed by atoms with Crippen LogP contribution in [0.4, 0.5) is 0 Å². The van der Waals surface area contributed by atoms with E-state index in [2.05, 4.69) is 10.3 Å². The molecule has 25 heavy (non-hydrogen) atoms. The van der Waals surface area contributed by atoms with Gasteiger partial charge in [-0.25, -0.2) is 8.42 Å². The Labute approximate surface area is 168 Å². The molecule has 1 N–H and O–H groups in total. The Hall–Kier alpha value is -1.03. The Morgan fingerprint density at radius 3 is 2.60 bits per heavy atom. The van der Waals surface area contributed by atoms with Crippen molar-refractivity contribution in [3.8, 4) is 5.75 Å². The van der Waals surface area contributed by atoms with E-state index >= 15 is 0 Å². The molecule has 0 saturated carbocycles. The summed E-state index contributed by atoms with van der Waals surface area (Å²) in [6.45, 7) is 5.82. The molecule has 142 valence electrons. The standard InChI is InChI=1S/C17H27N3O3S.HI/c1-17(2)14-20(11-13-24(17,21)22)16(18-3)19-10-7-12-23-15-8-5-4-6-9-15;/h4-6,8-9H,7,10-14H2,1-3H3,(H,18,19);1H. The number of nitrogens with one attached hydrogen (secondary N) is 1. The monoisotopic (exact) mass is 481 g/mol. The lowest BCUT2D eigenvalue weighted by Crippen LogP contribution is -2.57. The smallest absolute Gasteiger partial charge is 0.193 e. The SMILES string of the molecule is CN=C(NCCCOc1ccccc1)N1CCS(=O)(=O)C(C)(C)C1.I. The lowest BCUT2D eigenvalue weighted by molar-refractivity contribution is 0.308. The van der Waals surface area contributed by atoms with Crippen LogP contribution in [-0.2, 0) is 9.84 Å². The summed E-state index contributed by atoms with van der Waals surface area (Å²) < 4.78 is 29.1. The fraction of sp³-hybridized carbons (Fsp3) is 0.588. The van der Waals surface area contributed by atoms with Gasteiger partial charge < -0.3 is 15.0 Å². The minimum absolute atomic E-state index is 0. The second-order valence-electron chi connectivity index (χ2n) is 6.49. The number of hydrogen-bond donors (Lipinski definition) is 1. The number of hydrogen-bond acceptors (Lipinski definition) is 4. The first kappa shape index (κ1) is 22.0. The van der Waals surface area contributed by atoms with Crippen LogP contribution in [0.5, 0.6) is 5.75 Å². The average Bonchev–Trinajstić information content (AvgIpc) is 2.55. The van der Waals surface area contributed by atoms with Crippen molar-refractivity contribution in [2.24, 2.45) is 4.99 Å². The Morgan fingerprint density at radius 1 is 1.32 bits per heavy atom.